The van der Waals surface area contributed by atoms with E-state index in [1.165, 1.54) is 31.4 Å². The van der Waals surface area contributed by atoms with E-state index in [1.54, 1.807) is 6.07 Å². The van der Waals surface area contributed by atoms with Crippen LogP contribution in [-0.2, 0) is 0 Å². The summed E-state index contributed by atoms with van der Waals surface area (Å²) in [7, 11) is 1.53. The molecule has 1 aliphatic heterocycles. The molecule has 1 N–H and O–H groups in total. The van der Waals surface area contributed by atoms with Gasteiger partial charge in [0.15, 0.2) is 0 Å². The Balaban J connectivity index is 2.13. The molecular formula is C12H16N2O3S. The summed E-state index contributed by atoms with van der Waals surface area (Å²) in [6.45, 7) is 0. The largest absolute Gasteiger partial charge is 0.494 e. The van der Waals surface area contributed by atoms with E-state index in [0.29, 0.717) is 11.8 Å². The van der Waals surface area contributed by atoms with Gasteiger partial charge in [0.05, 0.1) is 23.8 Å². The van der Waals surface area contributed by atoms with Crippen LogP contribution in [0.2, 0.25) is 0 Å². The fraction of sp³-hybridized carbons (Fsp3) is 0.500. The van der Waals surface area contributed by atoms with Crippen LogP contribution in [0.1, 0.15) is 12.8 Å². The van der Waals surface area contributed by atoms with Gasteiger partial charge in [0, 0.05) is 17.9 Å². The Morgan fingerprint density at radius 3 is 3.00 bits per heavy atom. The molecule has 1 aromatic carbocycles. The van der Waals surface area contributed by atoms with Crippen LogP contribution in [0.4, 0.5) is 11.4 Å². The molecule has 0 spiro atoms. The van der Waals surface area contributed by atoms with Crippen molar-refractivity contribution in [2.24, 2.45) is 0 Å². The summed E-state index contributed by atoms with van der Waals surface area (Å²) < 4.78 is 5.20. The van der Waals surface area contributed by atoms with Gasteiger partial charge in [-0.25, -0.2) is 0 Å². The third kappa shape index (κ3) is 3.07. The first-order valence-electron chi connectivity index (χ1n) is 5.87. The third-order valence-corrected chi connectivity index (χ3v) is 4.13. The van der Waals surface area contributed by atoms with Crippen LogP contribution in [0, 0.1) is 10.1 Å². The van der Waals surface area contributed by atoms with Crippen molar-refractivity contribution in [2.75, 3.05) is 23.9 Å². The summed E-state index contributed by atoms with van der Waals surface area (Å²) in [6, 6.07) is 5.09. The zero-order valence-corrected chi connectivity index (χ0v) is 11.0. The van der Waals surface area contributed by atoms with Crippen molar-refractivity contribution in [3.05, 3.63) is 28.3 Å². The molecule has 98 valence electrons. The van der Waals surface area contributed by atoms with Gasteiger partial charge in [-0.15, -0.1) is 0 Å². The Kier molecular flexibility index (Phi) is 4.30. The molecule has 1 heterocycles. The molecule has 18 heavy (non-hydrogen) atoms. The number of nitro benzene ring substituents is 1. The van der Waals surface area contributed by atoms with Crippen LogP contribution in [0.15, 0.2) is 18.2 Å². The molecule has 2 rings (SSSR count). The van der Waals surface area contributed by atoms with Crippen molar-refractivity contribution in [1.29, 1.82) is 0 Å². The lowest BCUT2D eigenvalue weighted by molar-refractivity contribution is -0.384. The average Bonchev–Trinajstić information content (AvgIpc) is 2.40. The standard InChI is InChI=1S/C12H16N2O3S/c1-17-12-7-10(14(15)16)4-5-11(12)13-9-3-2-6-18-8-9/h4-5,7,9,13H,2-3,6,8H2,1H3. The first-order valence-corrected chi connectivity index (χ1v) is 7.03. The molecule has 1 fully saturated rings. The third-order valence-electron chi connectivity index (χ3n) is 2.92. The molecule has 1 atom stereocenters. The van der Waals surface area contributed by atoms with Gasteiger partial charge in [-0.05, 0) is 24.7 Å². The van der Waals surface area contributed by atoms with E-state index in [2.05, 4.69) is 5.32 Å². The van der Waals surface area contributed by atoms with Crippen LogP contribution in [0.3, 0.4) is 0 Å². The van der Waals surface area contributed by atoms with Gasteiger partial charge in [-0.1, -0.05) is 0 Å². The van der Waals surface area contributed by atoms with E-state index in [4.69, 9.17) is 4.74 Å². The Morgan fingerprint density at radius 1 is 1.56 bits per heavy atom. The van der Waals surface area contributed by atoms with E-state index >= 15 is 0 Å². The number of nitrogens with zero attached hydrogens (tertiary/aromatic N) is 1. The lowest BCUT2D eigenvalue weighted by Gasteiger charge is -2.24. The van der Waals surface area contributed by atoms with Crippen molar-refractivity contribution >= 4 is 23.1 Å². The molecule has 1 aromatic rings. The number of ether oxygens (including phenoxy) is 1. The van der Waals surface area contributed by atoms with Crippen LogP contribution in [0.5, 0.6) is 5.75 Å². The van der Waals surface area contributed by atoms with Gasteiger partial charge in [0.25, 0.3) is 5.69 Å². The molecule has 1 aliphatic rings. The maximum absolute atomic E-state index is 10.7. The minimum atomic E-state index is -0.414. The van der Waals surface area contributed by atoms with Gasteiger partial charge in [0.2, 0.25) is 0 Å². The number of benzene rings is 1. The number of thioether (sulfide) groups is 1. The van der Waals surface area contributed by atoms with E-state index in [9.17, 15) is 10.1 Å². The summed E-state index contributed by atoms with van der Waals surface area (Å²) in [6.07, 6.45) is 2.34. The topological polar surface area (TPSA) is 64.4 Å². The number of nitro groups is 1. The van der Waals surface area contributed by atoms with Gasteiger partial charge < -0.3 is 10.1 Å². The number of rotatable bonds is 4. The molecule has 5 nitrogen and oxygen atoms in total. The number of hydrogen-bond donors (Lipinski definition) is 1. The molecule has 0 aliphatic carbocycles. The highest BCUT2D eigenvalue weighted by Gasteiger charge is 2.17. The van der Waals surface area contributed by atoms with Gasteiger partial charge >= 0.3 is 0 Å². The predicted molar refractivity (Wildman–Crippen MR) is 73.6 cm³/mol. The van der Waals surface area contributed by atoms with E-state index in [-0.39, 0.29) is 5.69 Å². The SMILES string of the molecule is COc1cc([N+](=O)[O-])ccc1NC1CCCSC1. The smallest absolute Gasteiger partial charge is 0.273 e. The molecule has 0 saturated carbocycles. The highest BCUT2D eigenvalue weighted by molar-refractivity contribution is 7.99. The number of methoxy groups -OCH3 is 1. The first kappa shape index (κ1) is 13.0. The molecule has 0 amide bonds. The maximum Gasteiger partial charge on any atom is 0.273 e. The molecule has 0 radical (unpaired) electrons. The second-order valence-corrected chi connectivity index (χ2v) is 5.35. The van der Waals surface area contributed by atoms with Crippen molar-refractivity contribution in [3.63, 3.8) is 0 Å². The monoisotopic (exact) mass is 268 g/mol. The fourth-order valence-corrected chi connectivity index (χ4v) is 3.06. The number of nitrogens with one attached hydrogen (secondary N) is 1. The number of anilines is 1. The van der Waals surface area contributed by atoms with Crippen molar-refractivity contribution in [2.45, 2.75) is 18.9 Å². The quantitative estimate of drug-likeness (QED) is 0.672. The zero-order chi connectivity index (χ0) is 13.0. The van der Waals surface area contributed by atoms with Crippen LogP contribution in [0.25, 0.3) is 0 Å². The summed E-state index contributed by atoms with van der Waals surface area (Å²) >= 11 is 1.93. The molecule has 1 saturated heterocycles. The molecule has 6 heteroatoms. The molecule has 0 bridgehead atoms. The van der Waals surface area contributed by atoms with E-state index in [1.807, 2.05) is 11.8 Å². The molecular weight excluding hydrogens is 252 g/mol. The second kappa shape index (κ2) is 5.95. The fourth-order valence-electron chi connectivity index (χ4n) is 1.99. The maximum atomic E-state index is 10.7. The van der Waals surface area contributed by atoms with Gasteiger partial charge in [-0.2, -0.15) is 11.8 Å². The van der Waals surface area contributed by atoms with E-state index < -0.39 is 4.92 Å². The highest BCUT2D eigenvalue weighted by atomic mass is 32.2. The van der Waals surface area contributed by atoms with Gasteiger partial charge in [-0.3, -0.25) is 10.1 Å². The van der Waals surface area contributed by atoms with Crippen molar-refractivity contribution in [1.82, 2.24) is 0 Å². The lowest BCUT2D eigenvalue weighted by Crippen LogP contribution is -2.25. The number of non-ortho nitro benzene ring substituents is 1. The van der Waals surface area contributed by atoms with Crippen LogP contribution < -0.4 is 10.1 Å². The minimum Gasteiger partial charge on any atom is -0.494 e. The minimum absolute atomic E-state index is 0.0513. The highest BCUT2D eigenvalue weighted by Crippen LogP contribution is 2.31. The van der Waals surface area contributed by atoms with Crippen LogP contribution >= 0.6 is 11.8 Å². The first-order chi connectivity index (χ1) is 8.70. The summed E-state index contributed by atoms with van der Waals surface area (Å²) in [5, 5.41) is 14.1. The Bertz CT molecular complexity index is 433. The van der Waals surface area contributed by atoms with Crippen molar-refractivity contribution in [3.8, 4) is 5.75 Å². The molecule has 1 unspecified atom stereocenters. The normalized spacial score (nSPS) is 19.3. The molecule has 0 aromatic heterocycles. The zero-order valence-electron chi connectivity index (χ0n) is 10.2. The lowest BCUT2D eigenvalue weighted by atomic mass is 10.1. The summed E-state index contributed by atoms with van der Waals surface area (Å²) in [4.78, 5) is 10.3. The Labute approximate surface area is 110 Å². The van der Waals surface area contributed by atoms with Crippen molar-refractivity contribution < 1.29 is 9.66 Å². The average molecular weight is 268 g/mol. The number of hydrogen-bond acceptors (Lipinski definition) is 5. The summed E-state index contributed by atoms with van der Waals surface area (Å²) in [5.74, 6) is 2.81. The second-order valence-electron chi connectivity index (χ2n) is 4.20. The van der Waals surface area contributed by atoms with Crippen LogP contribution in [-0.4, -0.2) is 29.6 Å². The van der Waals surface area contributed by atoms with E-state index in [0.717, 1.165) is 17.9 Å². The van der Waals surface area contributed by atoms with Gasteiger partial charge in [0.1, 0.15) is 5.75 Å². The summed E-state index contributed by atoms with van der Waals surface area (Å²) in [5.41, 5.74) is 0.881. The Hall–Kier alpha value is -1.43. The Morgan fingerprint density at radius 2 is 2.39 bits per heavy atom. The predicted octanol–water partition coefficient (Wildman–Crippen LogP) is 2.91.